The summed E-state index contributed by atoms with van der Waals surface area (Å²) >= 11 is 6.14. The number of nitrogens with zero attached hydrogens (tertiary/aromatic N) is 3. The highest BCUT2D eigenvalue weighted by Crippen LogP contribution is 2.24. The minimum atomic E-state index is -0.440. The fourth-order valence-corrected chi connectivity index (χ4v) is 3.27. The molecule has 1 aromatic carbocycles. The summed E-state index contributed by atoms with van der Waals surface area (Å²) in [7, 11) is 1.33. The van der Waals surface area contributed by atoms with Gasteiger partial charge in [-0.3, -0.25) is 9.88 Å². The number of aromatic nitrogens is 1. The molecule has 1 saturated heterocycles. The first kappa shape index (κ1) is 19.2. The number of esters is 1. The zero-order valence-corrected chi connectivity index (χ0v) is 16.0. The van der Waals surface area contributed by atoms with E-state index in [1.165, 1.54) is 13.3 Å². The predicted octanol–water partition coefficient (Wildman–Crippen LogP) is 4.13. The van der Waals surface area contributed by atoms with Gasteiger partial charge < -0.3 is 9.64 Å². The number of hydrogen-bond donors (Lipinski definition) is 0. The van der Waals surface area contributed by atoms with Gasteiger partial charge in [0.15, 0.2) is 0 Å². The van der Waals surface area contributed by atoms with Crippen LogP contribution < -0.4 is 4.90 Å². The number of piperidine rings is 1. The minimum Gasteiger partial charge on any atom is -0.465 e. The van der Waals surface area contributed by atoms with Gasteiger partial charge in [-0.1, -0.05) is 17.7 Å². The number of carbonyl (C=O) groups excluding carboxylic acids is 2. The molecule has 3 rings (SSSR count). The van der Waals surface area contributed by atoms with Crippen molar-refractivity contribution in [2.75, 3.05) is 25.1 Å². The number of rotatable bonds is 4. The zero-order valence-electron chi connectivity index (χ0n) is 15.2. The normalized spacial score (nSPS) is 13.9. The molecule has 2 aromatic rings. The number of amides is 2. The first-order chi connectivity index (χ1) is 13.1. The van der Waals surface area contributed by atoms with E-state index >= 15 is 0 Å². The second-order valence-electron chi connectivity index (χ2n) is 6.43. The van der Waals surface area contributed by atoms with Gasteiger partial charge in [0.05, 0.1) is 24.9 Å². The number of carbonyl (C=O) groups is 2. The van der Waals surface area contributed by atoms with Gasteiger partial charge in [0, 0.05) is 30.0 Å². The van der Waals surface area contributed by atoms with Crippen molar-refractivity contribution in [2.24, 2.45) is 0 Å². The summed E-state index contributed by atoms with van der Waals surface area (Å²) in [5.41, 5.74) is 1.77. The van der Waals surface area contributed by atoms with Crippen LogP contribution in [0.4, 0.5) is 10.5 Å². The van der Waals surface area contributed by atoms with Gasteiger partial charge in [-0.2, -0.15) is 0 Å². The van der Waals surface area contributed by atoms with Crippen LogP contribution in [0, 0.1) is 0 Å². The maximum atomic E-state index is 13.1. The highest BCUT2D eigenvalue weighted by atomic mass is 35.5. The van der Waals surface area contributed by atoms with Crippen molar-refractivity contribution in [3.63, 3.8) is 0 Å². The Hall–Kier alpha value is -2.60. The third-order valence-corrected chi connectivity index (χ3v) is 4.78. The number of halogens is 1. The minimum absolute atomic E-state index is 0.0594. The maximum absolute atomic E-state index is 13.1. The molecule has 1 fully saturated rings. The van der Waals surface area contributed by atoms with Crippen molar-refractivity contribution in [3.8, 4) is 0 Å². The van der Waals surface area contributed by atoms with E-state index in [1.807, 2.05) is 17.0 Å². The van der Waals surface area contributed by atoms with Crippen molar-refractivity contribution in [3.05, 3.63) is 58.9 Å². The van der Waals surface area contributed by atoms with E-state index in [0.29, 0.717) is 16.3 Å². The quantitative estimate of drug-likeness (QED) is 0.740. The second-order valence-corrected chi connectivity index (χ2v) is 6.86. The van der Waals surface area contributed by atoms with Crippen LogP contribution in [0.1, 0.15) is 35.3 Å². The summed E-state index contributed by atoms with van der Waals surface area (Å²) in [4.78, 5) is 32.6. The van der Waals surface area contributed by atoms with Gasteiger partial charge in [-0.15, -0.1) is 0 Å². The highest BCUT2D eigenvalue weighted by Gasteiger charge is 2.24. The number of anilines is 1. The first-order valence-corrected chi connectivity index (χ1v) is 9.31. The van der Waals surface area contributed by atoms with Crippen LogP contribution in [-0.2, 0) is 11.3 Å². The lowest BCUT2D eigenvalue weighted by Crippen LogP contribution is -2.45. The van der Waals surface area contributed by atoms with E-state index in [4.69, 9.17) is 16.3 Å². The van der Waals surface area contributed by atoms with Crippen LogP contribution in [0.5, 0.6) is 0 Å². The number of methoxy groups -OCH3 is 1. The van der Waals surface area contributed by atoms with Crippen molar-refractivity contribution >= 4 is 29.3 Å². The molecule has 7 heteroatoms. The van der Waals surface area contributed by atoms with E-state index in [1.54, 1.807) is 29.2 Å². The number of likely N-dealkylation sites (tertiary alicyclic amines) is 1. The number of benzene rings is 1. The summed E-state index contributed by atoms with van der Waals surface area (Å²) in [6.45, 7) is 1.80. The molecule has 0 N–H and O–H groups in total. The SMILES string of the molecule is COC(=O)c1ccc(CN(C(=O)N2CCCCC2)c2cccc(Cl)c2)nc1. The van der Waals surface area contributed by atoms with E-state index in [0.717, 1.165) is 38.0 Å². The van der Waals surface area contributed by atoms with Crippen molar-refractivity contribution in [1.29, 1.82) is 0 Å². The molecule has 27 heavy (non-hydrogen) atoms. The van der Waals surface area contributed by atoms with Gasteiger partial charge in [-0.05, 0) is 49.6 Å². The van der Waals surface area contributed by atoms with E-state index in [9.17, 15) is 9.59 Å². The molecule has 0 unspecified atom stereocenters. The Morgan fingerprint density at radius 3 is 2.59 bits per heavy atom. The number of pyridine rings is 1. The molecule has 0 spiro atoms. The predicted molar refractivity (Wildman–Crippen MR) is 104 cm³/mol. The third kappa shape index (κ3) is 4.77. The van der Waals surface area contributed by atoms with Crippen molar-refractivity contribution in [2.45, 2.75) is 25.8 Å². The standard InChI is InChI=1S/C20H22ClN3O3/c1-27-19(25)15-8-9-17(22-13-15)14-24(18-7-5-6-16(21)12-18)20(26)23-10-3-2-4-11-23/h5-9,12-13H,2-4,10-11,14H2,1H3. The van der Waals surface area contributed by atoms with Crippen LogP contribution in [0.15, 0.2) is 42.6 Å². The van der Waals surface area contributed by atoms with Gasteiger partial charge in [0.1, 0.15) is 0 Å². The summed E-state index contributed by atoms with van der Waals surface area (Å²) in [6.07, 6.45) is 4.64. The molecule has 1 aliphatic rings. The maximum Gasteiger partial charge on any atom is 0.339 e. The molecule has 0 atom stereocenters. The average Bonchev–Trinajstić information content (AvgIpc) is 2.72. The zero-order chi connectivity index (χ0) is 19.2. The van der Waals surface area contributed by atoms with Crippen LogP contribution in [0.25, 0.3) is 0 Å². The summed E-state index contributed by atoms with van der Waals surface area (Å²) < 4.78 is 4.69. The molecule has 0 saturated carbocycles. The Morgan fingerprint density at radius 1 is 1.19 bits per heavy atom. The molecule has 0 bridgehead atoms. The topological polar surface area (TPSA) is 62.7 Å². The molecule has 1 aliphatic heterocycles. The largest absolute Gasteiger partial charge is 0.465 e. The molecule has 2 heterocycles. The van der Waals surface area contributed by atoms with E-state index in [-0.39, 0.29) is 12.6 Å². The Labute approximate surface area is 163 Å². The molecule has 0 aliphatic carbocycles. The Balaban J connectivity index is 1.85. The van der Waals surface area contributed by atoms with Gasteiger partial charge in [-0.25, -0.2) is 9.59 Å². The second kappa shape index (κ2) is 8.86. The Morgan fingerprint density at radius 2 is 1.96 bits per heavy atom. The fourth-order valence-electron chi connectivity index (χ4n) is 3.09. The van der Waals surface area contributed by atoms with Crippen LogP contribution in [0.2, 0.25) is 5.02 Å². The molecular formula is C20H22ClN3O3. The Kier molecular flexibility index (Phi) is 6.29. The van der Waals surface area contributed by atoms with Gasteiger partial charge >= 0.3 is 12.0 Å². The lowest BCUT2D eigenvalue weighted by molar-refractivity contribution is 0.0600. The van der Waals surface area contributed by atoms with E-state index < -0.39 is 5.97 Å². The summed E-state index contributed by atoms with van der Waals surface area (Å²) in [6, 6.07) is 10.5. The molecule has 142 valence electrons. The number of ether oxygens (including phenoxy) is 1. The first-order valence-electron chi connectivity index (χ1n) is 8.94. The monoisotopic (exact) mass is 387 g/mol. The van der Waals surface area contributed by atoms with Crippen molar-refractivity contribution < 1.29 is 14.3 Å². The lowest BCUT2D eigenvalue weighted by Gasteiger charge is -2.33. The van der Waals surface area contributed by atoms with Crippen LogP contribution >= 0.6 is 11.6 Å². The average molecular weight is 388 g/mol. The number of urea groups is 1. The Bertz CT molecular complexity index is 804. The summed E-state index contributed by atoms with van der Waals surface area (Å²) in [5, 5.41) is 0.568. The summed E-state index contributed by atoms with van der Waals surface area (Å²) in [5.74, 6) is -0.440. The van der Waals surface area contributed by atoms with E-state index in [2.05, 4.69) is 4.98 Å². The molecule has 2 amide bonds. The molecular weight excluding hydrogens is 366 g/mol. The molecule has 6 nitrogen and oxygen atoms in total. The van der Waals surface area contributed by atoms with Gasteiger partial charge in [0.2, 0.25) is 0 Å². The van der Waals surface area contributed by atoms with Crippen LogP contribution in [-0.4, -0.2) is 42.1 Å². The van der Waals surface area contributed by atoms with Crippen molar-refractivity contribution in [1.82, 2.24) is 9.88 Å². The lowest BCUT2D eigenvalue weighted by atomic mass is 10.1. The third-order valence-electron chi connectivity index (χ3n) is 4.54. The van der Waals surface area contributed by atoms with Gasteiger partial charge in [0.25, 0.3) is 0 Å². The fraction of sp³-hybridized carbons (Fsp3) is 0.350. The molecule has 1 aromatic heterocycles. The highest BCUT2D eigenvalue weighted by molar-refractivity contribution is 6.30. The molecule has 0 radical (unpaired) electrons. The number of hydrogen-bond acceptors (Lipinski definition) is 4. The smallest absolute Gasteiger partial charge is 0.339 e. The van der Waals surface area contributed by atoms with Crippen LogP contribution in [0.3, 0.4) is 0 Å².